The number of fused-ring (bicyclic) bond motifs is 1. The Balaban J connectivity index is 1.39. The summed E-state index contributed by atoms with van der Waals surface area (Å²) in [6.07, 6.45) is 5.58. The number of anilines is 2. The minimum Gasteiger partial charge on any atom is -0.487 e. The third-order valence-corrected chi connectivity index (χ3v) is 6.40. The summed E-state index contributed by atoms with van der Waals surface area (Å²) >= 11 is 0. The predicted molar refractivity (Wildman–Crippen MR) is 115 cm³/mol. The van der Waals surface area contributed by atoms with Crippen LogP contribution in [0.3, 0.4) is 0 Å². The van der Waals surface area contributed by atoms with Crippen molar-refractivity contribution in [1.82, 2.24) is 0 Å². The second-order valence-corrected chi connectivity index (χ2v) is 9.52. The van der Waals surface area contributed by atoms with Gasteiger partial charge in [0, 0.05) is 16.9 Å². The van der Waals surface area contributed by atoms with Crippen LogP contribution in [-0.4, -0.2) is 22.7 Å². The van der Waals surface area contributed by atoms with Gasteiger partial charge in [-0.3, -0.25) is 0 Å². The molecule has 2 aromatic rings. The number of hydrogen-bond acceptors (Lipinski definition) is 3. The second-order valence-electron chi connectivity index (χ2n) is 9.52. The summed E-state index contributed by atoms with van der Waals surface area (Å²) in [5, 5.41) is 14.7. The molecule has 6 heteroatoms. The molecule has 1 heterocycles. The first kappa shape index (κ1) is 19.0. The van der Waals surface area contributed by atoms with E-state index in [1.807, 2.05) is 6.07 Å². The van der Waals surface area contributed by atoms with Gasteiger partial charge in [-0.25, -0.2) is 9.59 Å². The molecule has 0 bridgehead atoms. The fraction of sp³-hybridized carbons (Fsp3) is 0.417. The molecule has 2 aromatic carbocycles. The maximum Gasteiger partial charge on any atom is 0.335 e. The lowest BCUT2D eigenvalue weighted by atomic mass is 9.75. The standard InChI is InChI=1S/C24H26N2O4/c1-23(2)13-24(9-10-24)30-20-18(14-3-4-14)11-17(12-19(20)23)26-22(29)25-16-7-5-15(6-8-16)21(27)28/h5-8,11-12,14H,3-4,9-10,13H2,1-2H3,(H,27,28)(H2,25,26,29). The smallest absolute Gasteiger partial charge is 0.335 e. The van der Waals surface area contributed by atoms with Crippen LogP contribution in [0.1, 0.15) is 73.4 Å². The molecule has 0 atom stereocenters. The Bertz CT molecular complexity index is 1030. The van der Waals surface area contributed by atoms with Gasteiger partial charge in [0.05, 0.1) is 5.56 Å². The van der Waals surface area contributed by atoms with Crippen LogP contribution in [0.5, 0.6) is 5.75 Å². The van der Waals surface area contributed by atoms with E-state index in [1.54, 1.807) is 12.1 Å². The number of carbonyl (C=O) groups is 2. The van der Waals surface area contributed by atoms with Crippen LogP contribution in [0.2, 0.25) is 0 Å². The molecule has 0 aromatic heterocycles. The van der Waals surface area contributed by atoms with Crippen molar-refractivity contribution in [2.75, 3.05) is 10.6 Å². The van der Waals surface area contributed by atoms with Crippen LogP contribution in [0.4, 0.5) is 16.2 Å². The van der Waals surface area contributed by atoms with Crippen LogP contribution in [0.25, 0.3) is 0 Å². The Hall–Kier alpha value is -3.02. The molecule has 156 valence electrons. The molecule has 0 radical (unpaired) electrons. The number of benzene rings is 2. The normalized spacial score (nSPS) is 20.1. The Kier molecular flexibility index (Phi) is 4.10. The zero-order chi connectivity index (χ0) is 21.1. The SMILES string of the molecule is CC1(C)CC2(CC2)Oc2c(C3CC3)cc(NC(=O)Nc3ccc(C(=O)O)cc3)cc21. The lowest BCUT2D eigenvalue weighted by molar-refractivity contribution is 0.0697. The lowest BCUT2D eigenvalue weighted by Crippen LogP contribution is -2.36. The zero-order valence-electron chi connectivity index (χ0n) is 17.2. The van der Waals surface area contributed by atoms with Gasteiger partial charge in [-0.05, 0) is 85.4 Å². The number of carboxylic acids is 1. The first-order valence-electron chi connectivity index (χ1n) is 10.5. The molecular weight excluding hydrogens is 380 g/mol. The molecule has 6 nitrogen and oxygen atoms in total. The van der Waals surface area contributed by atoms with E-state index in [9.17, 15) is 9.59 Å². The summed E-state index contributed by atoms with van der Waals surface area (Å²) in [7, 11) is 0. The topological polar surface area (TPSA) is 87.7 Å². The van der Waals surface area contributed by atoms with Crippen molar-refractivity contribution in [3.63, 3.8) is 0 Å². The van der Waals surface area contributed by atoms with Crippen LogP contribution < -0.4 is 15.4 Å². The van der Waals surface area contributed by atoms with E-state index in [4.69, 9.17) is 9.84 Å². The Morgan fingerprint density at radius 1 is 1.03 bits per heavy atom. The third kappa shape index (κ3) is 3.51. The fourth-order valence-electron chi connectivity index (χ4n) is 4.60. The van der Waals surface area contributed by atoms with Gasteiger partial charge >= 0.3 is 12.0 Å². The molecule has 0 saturated heterocycles. The highest BCUT2D eigenvalue weighted by Gasteiger charge is 2.54. The van der Waals surface area contributed by atoms with Gasteiger partial charge in [-0.1, -0.05) is 13.8 Å². The highest BCUT2D eigenvalue weighted by atomic mass is 16.5. The highest BCUT2D eigenvalue weighted by molar-refractivity contribution is 6.00. The van der Waals surface area contributed by atoms with E-state index in [0.717, 1.165) is 43.5 Å². The maximum atomic E-state index is 12.6. The molecule has 5 rings (SSSR count). The molecule has 0 unspecified atom stereocenters. The third-order valence-electron chi connectivity index (χ3n) is 6.40. The van der Waals surface area contributed by atoms with Crippen LogP contribution in [0.15, 0.2) is 36.4 Å². The number of rotatable bonds is 4. The summed E-state index contributed by atoms with van der Waals surface area (Å²) in [5.74, 6) is 0.559. The molecule has 2 fully saturated rings. The van der Waals surface area contributed by atoms with Crippen molar-refractivity contribution in [1.29, 1.82) is 0 Å². The molecule has 1 spiro atoms. The molecule has 3 N–H and O–H groups in total. The molecule has 30 heavy (non-hydrogen) atoms. The Labute approximate surface area is 175 Å². The van der Waals surface area contributed by atoms with Gasteiger partial charge < -0.3 is 20.5 Å². The average molecular weight is 406 g/mol. The van der Waals surface area contributed by atoms with Crippen LogP contribution in [-0.2, 0) is 5.41 Å². The fourth-order valence-corrected chi connectivity index (χ4v) is 4.60. The van der Waals surface area contributed by atoms with Crippen molar-refractivity contribution in [3.05, 3.63) is 53.1 Å². The Morgan fingerprint density at radius 3 is 2.30 bits per heavy atom. The van der Waals surface area contributed by atoms with E-state index in [-0.39, 0.29) is 22.6 Å². The molecule has 2 aliphatic carbocycles. The van der Waals surface area contributed by atoms with E-state index in [1.165, 1.54) is 23.3 Å². The summed E-state index contributed by atoms with van der Waals surface area (Å²) in [6.45, 7) is 4.53. The van der Waals surface area contributed by atoms with E-state index in [2.05, 4.69) is 30.5 Å². The number of ether oxygens (including phenoxy) is 1. The largest absolute Gasteiger partial charge is 0.487 e. The number of aromatic carboxylic acids is 1. The predicted octanol–water partition coefficient (Wildman–Crippen LogP) is 5.50. The first-order valence-corrected chi connectivity index (χ1v) is 10.5. The van der Waals surface area contributed by atoms with Gasteiger partial charge in [-0.15, -0.1) is 0 Å². The molecule has 2 saturated carbocycles. The van der Waals surface area contributed by atoms with Gasteiger partial charge in [0.15, 0.2) is 0 Å². The molecule has 3 aliphatic rings. The van der Waals surface area contributed by atoms with Crippen molar-refractivity contribution in [2.24, 2.45) is 0 Å². The monoisotopic (exact) mass is 406 g/mol. The number of carbonyl (C=O) groups excluding carboxylic acids is 1. The summed E-state index contributed by atoms with van der Waals surface area (Å²) in [4.78, 5) is 23.5. The van der Waals surface area contributed by atoms with Crippen molar-refractivity contribution < 1.29 is 19.4 Å². The van der Waals surface area contributed by atoms with E-state index in [0.29, 0.717) is 11.6 Å². The number of urea groups is 1. The van der Waals surface area contributed by atoms with Crippen molar-refractivity contribution in [2.45, 2.75) is 62.9 Å². The summed E-state index contributed by atoms with van der Waals surface area (Å²) in [5.41, 5.74) is 3.89. The Morgan fingerprint density at radius 2 is 1.70 bits per heavy atom. The first-order chi connectivity index (χ1) is 14.2. The minimum atomic E-state index is -0.995. The number of amides is 2. The minimum absolute atomic E-state index is 0.00540. The van der Waals surface area contributed by atoms with Gasteiger partial charge in [0.2, 0.25) is 0 Å². The molecular formula is C24H26N2O4. The number of nitrogens with one attached hydrogen (secondary N) is 2. The number of hydrogen-bond donors (Lipinski definition) is 3. The molecule has 2 amide bonds. The van der Waals surface area contributed by atoms with E-state index >= 15 is 0 Å². The van der Waals surface area contributed by atoms with Crippen molar-refractivity contribution in [3.8, 4) is 5.75 Å². The highest BCUT2D eigenvalue weighted by Crippen LogP contribution is 2.58. The average Bonchev–Trinajstić information content (AvgIpc) is 3.59. The second kappa shape index (κ2) is 6.49. The van der Waals surface area contributed by atoms with Gasteiger partial charge in [0.1, 0.15) is 11.4 Å². The maximum absolute atomic E-state index is 12.6. The summed E-state index contributed by atoms with van der Waals surface area (Å²) in [6, 6.07) is 9.85. The summed E-state index contributed by atoms with van der Waals surface area (Å²) < 4.78 is 6.51. The van der Waals surface area contributed by atoms with E-state index < -0.39 is 5.97 Å². The quantitative estimate of drug-likeness (QED) is 0.626. The number of carboxylic acid groups (broad SMARTS) is 1. The van der Waals surface area contributed by atoms with Crippen molar-refractivity contribution >= 4 is 23.4 Å². The van der Waals surface area contributed by atoms with Gasteiger partial charge in [0.25, 0.3) is 0 Å². The van der Waals surface area contributed by atoms with Gasteiger partial charge in [-0.2, -0.15) is 0 Å². The van der Waals surface area contributed by atoms with Crippen LogP contribution in [0, 0.1) is 0 Å². The van der Waals surface area contributed by atoms with Crippen LogP contribution >= 0.6 is 0 Å². The zero-order valence-corrected chi connectivity index (χ0v) is 17.2. The lowest BCUT2D eigenvalue weighted by Gasteiger charge is -2.39. The molecule has 1 aliphatic heterocycles.